The van der Waals surface area contributed by atoms with Gasteiger partial charge in [0.2, 0.25) is 5.88 Å². The maximum absolute atomic E-state index is 10.1. The van der Waals surface area contributed by atoms with Gasteiger partial charge in [0.1, 0.15) is 12.7 Å². The monoisotopic (exact) mass is 489 g/mol. The van der Waals surface area contributed by atoms with Crippen molar-refractivity contribution < 1.29 is 19.3 Å². The van der Waals surface area contributed by atoms with Crippen LogP contribution in [-0.4, -0.2) is 61.5 Å². The maximum Gasteiger partial charge on any atom is 0.233 e. The largest absolute Gasteiger partial charge is 0.493 e. The van der Waals surface area contributed by atoms with Gasteiger partial charge in [-0.15, -0.1) is 35.0 Å². The Balaban J connectivity index is 0.00000480. The van der Waals surface area contributed by atoms with Gasteiger partial charge in [-0.3, -0.25) is 5.43 Å². The number of methoxy groups -OCH3 is 2. The number of nitrogens with one attached hydrogen (secondary N) is 2. The lowest BCUT2D eigenvalue weighted by Gasteiger charge is -2.13. The Kier molecular flexibility index (Phi) is 15.1. The lowest BCUT2D eigenvalue weighted by molar-refractivity contribution is 0.103. The van der Waals surface area contributed by atoms with E-state index in [1.165, 1.54) is 0 Å². The lowest BCUT2D eigenvalue weighted by Crippen LogP contribution is -2.32. The zero-order valence-electron chi connectivity index (χ0n) is 18.8. The minimum atomic E-state index is -0.661. The van der Waals surface area contributed by atoms with E-state index < -0.39 is 6.10 Å². The Labute approximate surface area is 201 Å². The molecule has 11 heteroatoms. The van der Waals surface area contributed by atoms with Crippen molar-refractivity contribution >= 4 is 36.8 Å². The molecule has 0 amide bonds. The highest BCUT2D eigenvalue weighted by atomic mass is 35.5. The van der Waals surface area contributed by atoms with E-state index in [0.29, 0.717) is 42.2 Å². The van der Waals surface area contributed by atoms with E-state index in [0.717, 1.165) is 12.0 Å². The van der Waals surface area contributed by atoms with Crippen LogP contribution in [0.3, 0.4) is 0 Å². The van der Waals surface area contributed by atoms with E-state index >= 15 is 0 Å². The number of benzene rings is 1. The van der Waals surface area contributed by atoms with Gasteiger partial charge in [0.15, 0.2) is 17.3 Å². The smallest absolute Gasteiger partial charge is 0.233 e. The van der Waals surface area contributed by atoms with Gasteiger partial charge < -0.3 is 24.6 Å². The minimum absolute atomic E-state index is 0. The molecule has 180 valence electrons. The molecular weight excluding hydrogens is 457 g/mol. The second kappa shape index (κ2) is 16.3. The quantitative estimate of drug-likeness (QED) is 0.223. The summed E-state index contributed by atoms with van der Waals surface area (Å²) in [6, 6.07) is 9.22. The van der Waals surface area contributed by atoms with Crippen LogP contribution in [0.4, 0.5) is 5.82 Å². The molecule has 9 nitrogen and oxygen atoms in total. The third-order valence-corrected chi connectivity index (χ3v) is 4.03. The molecule has 0 aliphatic rings. The van der Waals surface area contributed by atoms with Crippen LogP contribution in [0.15, 0.2) is 35.4 Å². The summed E-state index contributed by atoms with van der Waals surface area (Å²) in [5.74, 6) is 2.63. The highest BCUT2D eigenvalue weighted by Crippen LogP contribution is 2.27. The third-order valence-electron chi connectivity index (χ3n) is 4.03. The summed E-state index contributed by atoms with van der Waals surface area (Å²) in [6.07, 6.45) is 1.92. The molecule has 0 aliphatic carbocycles. The standard InChI is InChI=1S/C21H31N5O4.2ClH/c1-15(2)12-23-24-20-7-8-21(26-25-20)30-14-17(27)13-22-10-9-16-5-6-18(28-3)19(11-16)29-4;;/h5-8,11-12,15,17,22,27H,9-10,13-14H2,1-4H3,(H,24,25);2*1H/b23-12+;;. The fourth-order valence-corrected chi connectivity index (χ4v) is 2.49. The Hall–Kier alpha value is -2.33. The number of halogens is 2. The van der Waals surface area contributed by atoms with Crippen LogP contribution in [0.2, 0.25) is 0 Å². The summed E-state index contributed by atoms with van der Waals surface area (Å²) in [4.78, 5) is 0. The highest BCUT2D eigenvalue weighted by Gasteiger charge is 2.07. The molecule has 1 unspecified atom stereocenters. The fourth-order valence-electron chi connectivity index (χ4n) is 2.49. The first-order valence-electron chi connectivity index (χ1n) is 9.87. The number of hydrazone groups is 1. The van der Waals surface area contributed by atoms with E-state index in [2.05, 4.69) is 26.0 Å². The molecule has 0 saturated carbocycles. The van der Waals surface area contributed by atoms with Gasteiger partial charge in [-0.05, 0) is 42.6 Å². The number of nitrogens with zero attached hydrogens (tertiary/aromatic N) is 3. The van der Waals surface area contributed by atoms with Crippen LogP contribution in [0, 0.1) is 5.92 Å². The lowest BCUT2D eigenvalue weighted by atomic mass is 10.1. The number of anilines is 1. The molecule has 0 saturated heterocycles. The molecule has 0 fully saturated rings. The third kappa shape index (κ3) is 10.8. The number of aliphatic hydroxyl groups is 1. The van der Waals surface area contributed by atoms with Crippen LogP contribution in [0.25, 0.3) is 0 Å². The summed E-state index contributed by atoms with van der Waals surface area (Å²) in [5, 5.41) is 25.3. The number of aliphatic hydroxyl groups excluding tert-OH is 1. The molecule has 2 aromatic rings. The van der Waals surface area contributed by atoms with Gasteiger partial charge >= 0.3 is 0 Å². The van der Waals surface area contributed by atoms with Crippen molar-refractivity contribution in [3.8, 4) is 17.4 Å². The predicted molar refractivity (Wildman–Crippen MR) is 131 cm³/mol. The Morgan fingerprint density at radius 1 is 1.06 bits per heavy atom. The van der Waals surface area contributed by atoms with Crippen LogP contribution < -0.4 is 25.0 Å². The van der Waals surface area contributed by atoms with Crippen molar-refractivity contribution in [3.05, 3.63) is 35.9 Å². The predicted octanol–water partition coefficient (Wildman–Crippen LogP) is 2.96. The number of hydrogen-bond acceptors (Lipinski definition) is 9. The van der Waals surface area contributed by atoms with E-state index in [1.54, 1.807) is 32.6 Å². The minimum Gasteiger partial charge on any atom is -0.493 e. The fraction of sp³-hybridized carbons (Fsp3) is 0.476. The van der Waals surface area contributed by atoms with Crippen LogP contribution >= 0.6 is 24.8 Å². The van der Waals surface area contributed by atoms with Gasteiger partial charge in [0.25, 0.3) is 0 Å². The molecule has 3 N–H and O–H groups in total. The van der Waals surface area contributed by atoms with E-state index in [1.807, 2.05) is 32.0 Å². The maximum atomic E-state index is 10.1. The van der Waals surface area contributed by atoms with Crippen molar-refractivity contribution in [2.45, 2.75) is 26.4 Å². The normalized spacial score (nSPS) is 11.4. The summed E-state index contributed by atoms with van der Waals surface area (Å²) in [6.45, 7) is 5.30. The van der Waals surface area contributed by atoms with Crippen LogP contribution in [-0.2, 0) is 6.42 Å². The molecule has 1 atom stereocenters. The van der Waals surface area contributed by atoms with Crippen molar-refractivity contribution in [2.24, 2.45) is 11.0 Å². The van der Waals surface area contributed by atoms with Crippen molar-refractivity contribution in [3.63, 3.8) is 0 Å². The topological polar surface area (TPSA) is 110 Å². The molecule has 1 aromatic carbocycles. The number of ether oxygens (including phenoxy) is 3. The van der Waals surface area contributed by atoms with Crippen molar-refractivity contribution in [1.82, 2.24) is 15.5 Å². The number of aromatic nitrogens is 2. The van der Waals surface area contributed by atoms with Crippen molar-refractivity contribution in [1.29, 1.82) is 0 Å². The Bertz CT molecular complexity index is 794. The molecule has 0 spiro atoms. The zero-order valence-corrected chi connectivity index (χ0v) is 20.4. The van der Waals surface area contributed by atoms with E-state index in [4.69, 9.17) is 14.2 Å². The van der Waals surface area contributed by atoms with Gasteiger partial charge in [0.05, 0.1) is 14.2 Å². The number of rotatable bonds is 13. The summed E-state index contributed by atoms with van der Waals surface area (Å²) in [5.41, 5.74) is 3.91. The first kappa shape index (κ1) is 29.7. The van der Waals surface area contributed by atoms with Crippen LogP contribution in [0.5, 0.6) is 17.4 Å². The second-order valence-corrected chi connectivity index (χ2v) is 7.00. The van der Waals surface area contributed by atoms with Gasteiger partial charge in [-0.25, -0.2) is 0 Å². The Morgan fingerprint density at radius 3 is 2.44 bits per heavy atom. The SMILES string of the molecule is COc1ccc(CCNCC(O)COc2ccc(N/N=C/C(C)C)nn2)cc1OC.Cl.Cl. The van der Waals surface area contributed by atoms with E-state index in [-0.39, 0.29) is 31.4 Å². The first-order valence-corrected chi connectivity index (χ1v) is 9.87. The first-order chi connectivity index (χ1) is 14.5. The average Bonchev–Trinajstić information content (AvgIpc) is 2.75. The highest BCUT2D eigenvalue weighted by molar-refractivity contribution is 5.85. The molecule has 0 aliphatic heterocycles. The van der Waals surface area contributed by atoms with E-state index in [9.17, 15) is 5.11 Å². The molecule has 1 aromatic heterocycles. The molecular formula is C21H33Cl2N5O4. The summed E-state index contributed by atoms with van der Waals surface area (Å²) >= 11 is 0. The summed E-state index contributed by atoms with van der Waals surface area (Å²) < 4.78 is 16.0. The molecule has 1 heterocycles. The van der Waals surface area contributed by atoms with Gasteiger partial charge in [-0.2, -0.15) is 5.10 Å². The molecule has 32 heavy (non-hydrogen) atoms. The van der Waals surface area contributed by atoms with Crippen LogP contribution in [0.1, 0.15) is 19.4 Å². The average molecular weight is 490 g/mol. The molecule has 2 rings (SSSR count). The number of hydrogen-bond donors (Lipinski definition) is 3. The Morgan fingerprint density at radius 2 is 1.81 bits per heavy atom. The van der Waals surface area contributed by atoms with Gasteiger partial charge in [0, 0.05) is 18.8 Å². The van der Waals surface area contributed by atoms with Gasteiger partial charge in [-0.1, -0.05) is 19.9 Å². The van der Waals surface area contributed by atoms with Crippen molar-refractivity contribution in [2.75, 3.05) is 39.3 Å². The molecule has 0 bridgehead atoms. The molecule has 0 radical (unpaired) electrons. The summed E-state index contributed by atoms with van der Waals surface area (Å²) in [7, 11) is 3.23. The second-order valence-electron chi connectivity index (χ2n) is 7.00. The zero-order chi connectivity index (χ0) is 21.8.